The second-order valence-corrected chi connectivity index (χ2v) is 3.48. The van der Waals surface area contributed by atoms with E-state index in [-0.39, 0.29) is 0 Å². The summed E-state index contributed by atoms with van der Waals surface area (Å²) in [6.45, 7) is 1.65. The Labute approximate surface area is 75.5 Å². The van der Waals surface area contributed by atoms with Gasteiger partial charge in [0.2, 0.25) is 0 Å². The maximum atomic E-state index is 10.7. The zero-order chi connectivity index (χ0) is 9.42. The molecule has 0 amide bonds. The fraction of sp³-hybridized carbons (Fsp3) is 0.556. The predicted molar refractivity (Wildman–Crippen MR) is 44.5 cm³/mol. The number of carbonyl (C=O) groups is 1. The highest BCUT2D eigenvalue weighted by atomic mass is 16.5. The molecule has 0 aromatic carbocycles. The topological polar surface area (TPSA) is 63.3 Å². The van der Waals surface area contributed by atoms with Gasteiger partial charge in [-0.25, -0.2) is 0 Å². The molecule has 1 N–H and O–H groups in total. The second kappa shape index (κ2) is 2.87. The molecule has 4 heteroatoms. The van der Waals surface area contributed by atoms with Crippen LogP contribution in [0.5, 0.6) is 0 Å². The van der Waals surface area contributed by atoms with Gasteiger partial charge in [-0.05, 0) is 19.8 Å². The van der Waals surface area contributed by atoms with Gasteiger partial charge in [-0.3, -0.25) is 4.79 Å². The van der Waals surface area contributed by atoms with Crippen molar-refractivity contribution in [2.75, 3.05) is 0 Å². The van der Waals surface area contributed by atoms with Crippen molar-refractivity contribution in [3.63, 3.8) is 0 Å². The van der Waals surface area contributed by atoms with Crippen LogP contribution < -0.4 is 0 Å². The van der Waals surface area contributed by atoms with Gasteiger partial charge >= 0.3 is 5.97 Å². The Morgan fingerprint density at radius 2 is 2.46 bits per heavy atom. The smallest absolute Gasteiger partial charge is 0.310 e. The largest absolute Gasteiger partial charge is 0.481 e. The highest BCUT2D eigenvalue weighted by Crippen LogP contribution is 2.43. The summed E-state index contributed by atoms with van der Waals surface area (Å²) in [5.74, 6) is -0.152. The van der Waals surface area contributed by atoms with Crippen LogP contribution in [0.1, 0.15) is 42.9 Å². The van der Waals surface area contributed by atoms with Gasteiger partial charge in [0.25, 0.3) is 0 Å². The number of aliphatic carboxylic acids is 1. The highest BCUT2D eigenvalue weighted by molar-refractivity contribution is 5.75. The van der Waals surface area contributed by atoms with Gasteiger partial charge in [-0.15, -0.1) is 0 Å². The van der Waals surface area contributed by atoms with Crippen molar-refractivity contribution in [1.82, 2.24) is 5.16 Å². The quantitative estimate of drug-likeness (QED) is 0.771. The first-order valence-corrected chi connectivity index (χ1v) is 4.37. The zero-order valence-corrected chi connectivity index (χ0v) is 7.36. The molecule has 4 nitrogen and oxygen atoms in total. The van der Waals surface area contributed by atoms with Gasteiger partial charge in [0.1, 0.15) is 5.76 Å². The monoisotopic (exact) mass is 181 g/mol. The molecule has 2 rings (SSSR count). The molecular formula is C9H11NO3. The number of carboxylic acids is 1. The number of rotatable bonds is 3. The third kappa shape index (κ3) is 1.43. The van der Waals surface area contributed by atoms with Crippen LogP contribution in [0.4, 0.5) is 0 Å². The summed E-state index contributed by atoms with van der Waals surface area (Å²) in [6.07, 6.45) is 3.70. The summed E-state index contributed by atoms with van der Waals surface area (Å²) in [4.78, 5) is 10.7. The summed E-state index contributed by atoms with van der Waals surface area (Å²) >= 11 is 0. The number of aromatic nitrogens is 1. The first-order chi connectivity index (χ1) is 6.20. The third-order valence-corrected chi connectivity index (χ3v) is 2.41. The van der Waals surface area contributed by atoms with Crippen molar-refractivity contribution in [3.8, 4) is 0 Å². The van der Waals surface area contributed by atoms with Crippen LogP contribution in [-0.4, -0.2) is 16.2 Å². The maximum absolute atomic E-state index is 10.7. The van der Waals surface area contributed by atoms with E-state index in [1.807, 2.05) is 0 Å². The van der Waals surface area contributed by atoms with Gasteiger partial charge in [0.15, 0.2) is 0 Å². The maximum Gasteiger partial charge on any atom is 0.310 e. The van der Waals surface area contributed by atoms with E-state index in [4.69, 9.17) is 9.63 Å². The van der Waals surface area contributed by atoms with Crippen molar-refractivity contribution in [2.24, 2.45) is 0 Å². The molecule has 70 valence electrons. The summed E-state index contributed by atoms with van der Waals surface area (Å²) in [7, 11) is 0. The van der Waals surface area contributed by atoms with Crippen LogP contribution in [0.3, 0.4) is 0 Å². The average Bonchev–Trinajstić information content (AvgIpc) is 2.83. The molecule has 1 aromatic rings. The second-order valence-electron chi connectivity index (χ2n) is 3.48. The van der Waals surface area contributed by atoms with E-state index < -0.39 is 11.9 Å². The summed E-state index contributed by atoms with van der Waals surface area (Å²) in [5.41, 5.74) is 0.731. The minimum atomic E-state index is -0.829. The molecule has 1 heterocycles. The Kier molecular flexibility index (Phi) is 1.83. The van der Waals surface area contributed by atoms with E-state index in [0.29, 0.717) is 5.92 Å². The third-order valence-electron chi connectivity index (χ3n) is 2.41. The minimum absolute atomic E-state index is 0.416. The van der Waals surface area contributed by atoms with Crippen molar-refractivity contribution < 1.29 is 14.4 Å². The number of hydrogen-bond donors (Lipinski definition) is 1. The summed E-state index contributed by atoms with van der Waals surface area (Å²) < 4.78 is 5.05. The Bertz CT molecular complexity index is 327. The Morgan fingerprint density at radius 1 is 1.77 bits per heavy atom. The van der Waals surface area contributed by atoms with E-state index in [0.717, 1.165) is 24.2 Å². The van der Waals surface area contributed by atoms with Gasteiger partial charge in [0.05, 0.1) is 12.1 Å². The van der Waals surface area contributed by atoms with Crippen molar-refractivity contribution in [3.05, 3.63) is 17.5 Å². The Hall–Kier alpha value is -1.32. The molecule has 0 spiro atoms. The van der Waals surface area contributed by atoms with Gasteiger partial charge in [-0.1, -0.05) is 5.16 Å². The molecule has 0 bridgehead atoms. The molecule has 1 fully saturated rings. The van der Waals surface area contributed by atoms with E-state index in [1.165, 1.54) is 6.20 Å². The SMILES string of the molecule is CC(C(=O)O)c1cnoc1C1CC1. The van der Waals surface area contributed by atoms with E-state index >= 15 is 0 Å². The Morgan fingerprint density at radius 3 is 3.00 bits per heavy atom. The first-order valence-electron chi connectivity index (χ1n) is 4.37. The van der Waals surface area contributed by atoms with Crippen LogP contribution in [0, 0.1) is 0 Å². The normalized spacial score (nSPS) is 18.5. The van der Waals surface area contributed by atoms with Crippen LogP contribution in [0.15, 0.2) is 10.7 Å². The first kappa shape index (κ1) is 8.29. The molecule has 1 saturated carbocycles. The molecule has 1 atom stereocenters. The molecule has 1 unspecified atom stereocenters. The number of carboxylic acid groups (broad SMARTS) is 1. The minimum Gasteiger partial charge on any atom is -0.481 e. The predicted octanol–water partition coefficient (Wildman–Crippen LogP) is 1.74. The molecule has 1 aromatic heterocycles. The van der Waals surface area contributed by atoms with Gasteiger partial charge < -0.3 is 9.63 Å². The molecule has 1 aliphatic carbocycles. The van der Waals surface area contributed by atoms with Crippen molar-refractivity contribution >= 4 is 5.97 Å². The molecular weight excluding hydrogens is 170 g/mol. The lowest BCUT2D eigenvalue weighted by Gasteiger charge is -2.03. The van der Waals surface area contributed by atoms with Crippen LogP contribution in [-0.2, 0) is 4.79 Å². The number of hydrogen-bond acceptors (Lipinski definition) is 3. The van der Waals surface area contributed by atoms with Crippen molar-refractivity contribution in [1.29, 1.82) is 0 Å². The lowest BCUT2D eigenvalue weighted by Crippen LogP contribution is -2.08. The molecule has 0 saturated heterocycles. The van der Waals surface area contributed by atoms with Crippen LogP contribution >= 0.6 is 0 Å². The van der Waals surface area contributed by atoms with Crippen molar-refractivity contribution in [2.45, 2.75) is 31.6 Å². The van der Waals surface area contributed by atoms with Gasteiger partial charge in [-0.2, -0.15) is 0 Å². The standard InChI is InChI=1S/C9H11NO3/c1-5(9(11)12)7-4-10-13-8(7)6-2-3-6/h4-6H,2-3H2,1H3,(H,11,12). The fourth-order valence-electron chi connectivity index (χ4n) is 1.37. The summed E-state index contributed by atoms with van der Waals surface area (Å²) in [6, 6.07) is 0. The van der Waals surface area contributed by atoms with Gasteiger partial charge in [0, 0.05) is 11.5 Å². The fourth-order valence-corrected chi connectivity index (χ4v) is 1.37. The zero-order valence-electron chi connectivity index (χ0n) is 7.36. The lowest BCUT2D eigenvalue weighted by atomic mass is 10.0. The van der Waals surface area contributed by atoms with Crippen LogP contribution in [0.25, 0.3) is 0 Å². The molecule has 0 radical (unpaired) electrons. The number of nitrogens with zero attached hydrogens (tertiary/aromatic N) is 1. The average molecular weight is 181 g/mol. The summed E-state index contributed by atoms with van der Waals surface area (Å²) in [5, 5.41) is 12.5. The van der Waals surface area contributed by atoms with Crippen LogP contribution in [0.2, 0.25) is 0 Å². The van der Waals surface area contributed by atoms with E-state index in [1.54, 1.807) is 6.92 Å². The molecule has 13 heavy (non-hydrogen) atoms. The highest BCUT2D eigenvalue weighted by Gasteiger charge is 2.33. The molecule has 1 aliphatic rings. The lowest BCUT2D eigenvalue weighted by molar-refractivity contribution is -0.138. The molecule has 0 aliphatic heterocycles. The Balaban J connectivity index is 2.27. The van der Waals surface area contributed by atoms with E-state index in [9.17, 15) is 4.79 Å². The van der Waals surface area contributed by atoms with E-state index in [2.05, 4.69) is 5.16 Å².